The molecule has 0 unspecified atom stereocenters. The number of pyridine rings is 2. The van der Waals surface area contributed by atoms with Crippen molar-refractivity contribution in [3.63, 3.8) is 0 Å². The van der Waals surface area contributed by atoms with E-state index in [1.165, 1.54) is 17.0 Å². The predicted molar refractivity (Wildman–Crippen MR) is 158 cm³/mol. The standard InChI is InChI=1S/C30H35N7O5/c1-29(2,41)10-11-37-21-6-5-7-22(38)18(21)12-19(28(37)40)27(39)35-23-9-8-17(13-32-23)20-14-36(15-30(3,4)42)26-24(20)25(31)33-16-34-26/h8-9,12-14,16,41-42H,5-7,10-11,15H2,1-4H3,(H2,31,33,34)(H,32,35,39). The zero-order valence-corrected chi connectivity index (χ0v) is 24.1. The molecule has 4 aromatic rings. The van der Waals surface area contributed by atoms with Crippen LogP contribution in [0.4, 0.5) is 11.6 Å². The summed E-state index contributed by atoms with van der Waals surface area (Å²) in [5.74, 6) is -0.306. The van der Waals surface area contributed by atoms with Gasteiger partial charge in [0.05, 0.1) is 23.1 Å². The lowest BCUT2D eigenvalue weighted by atomic mass is 9.92. The van der Waals surface area contributed by atoms with Gasteiger partial charge in [-0.3, -0.25) is 14.4 Å². The van der Waals surface area contributed by atoms with Crippen molar-refractivity contribution in [1.29, 1.82) is 0 Å². The fourth-order valence-corrected chi connectivity index (χ4v) is 5.26. The lowest BCUT2D eigenvalue weighted by Crippen LogP contribution is -2.36. The van der Waals surface area contributed by atoms with E-state index in [1.807, 2.05) is 6.20 Å². The molecule has 12 heteroatoms. The summed E-state index contributed by atoms with van der Waals surface area (Å²) < 4.78 is 3.25. The summed E-state index contributed by atoms with van der Waals surface area (Å²) in [5, 5.41) is 23.9. The van der Waals surface area contributed by atoms with E-state index in [4.69, 9.17) is 5.73 Å². The van der Waals surface area contributed by atoms with E-state index in [9.17, 15) is 24.6 Å². The van der Waals surface area contributed by atoms with Crippen molar-refractivity contribution in [2.75, 3.05) is 11.1 Å². The molecular formula is C30H35N7O5. The fraction of sp³-hybridized carbons (Fsp3) is 0.400. The van der Waals surface area contributed by atoms with Gasteiger partial charge in [0.25, 0.3) is 11.5 Å². The molecule has 0 bridgehead atoms. The minimum Gasteiger partial charge on any atom is -0.390 e. The molecule has 1 aliphatic rings. The van der Waals surface area contributed by atoms with E-state index in [1.54, 1.807) is 50.6 Å². The third kappa shape index (κ3) is 5.95. The highest BCUT2D eigenvalue weighted by molar-refractivity contribution is 6.06. The number of carbonyl (C=O) groups is 2. The Bertz CT molecular complexity index is 1740. The predicted octanol–water partition coefficient (Wildman–Crippen LogP) is 2.94. The van der Waals surface area contributed by atoms with Gasteiger partial charge < -0.3 is 30.4 Å². The number of amides is 1. The van der Waals surface area contributed by atoms with Crippen LogP contribution in [0.25, 0.3) is 22.2 Å². The molecular weight excluding hydrogens is 538 g/mol. The number of nitrogens with zero attached hydrogens (tertiary/aromatic N) is 5. The maximum absolute atomic E-state index is 13.4. The first-order valence-electron chi connectivity index (χ1n) is 13.8. The first-order chi connectivity index (χ1) is 19.7. The summed E-state index contributed by atoms with van der Waals surface area (Å²) in [6.45, 7) is 7.14. The molecule has 0 fully saturated rings. The maximum atomic E-state index is 13.4. The summed E-state index contributed by atoms with van der Waals surface area (Å²) >= 11 is 0. The van der Waals surface area contributed by atoms with Crippen molar-refractivity contribution in [2.45, 2.75) is 77.7 Å². The lowest BCUT2D eigenvalue weighted by Gasteiger charge is -2.24. The van der Waals surface area contributed by atoms with Crippen molar-refractivity contribution in [3.8, 4) is 11.1 Å². The summed E-state index contributed by atoms with van der Waals surface area (Å²) in [6.07, 6.45) is 6.56. The van der Waals surface area contributed by atoms with Gasteiger partial charge in [0.15, 0.2) is 5.78 Å². The molecule has 0 spiro atoms. The molecule has 1 amide bonds. The number of Topliss-reactive ketones (excluding diaryl/α,β-unsaturated/α-hetero) is 1. The zero-order valence-electron chi connectivity index (χ0n) is 24.1. The number of rotatable bonds is 8. The topological polar surface area (TPSA) is 178 Å². The number of aliphatic hydroxyl groups is 2. The summed E-state index contributed by atoms with van der Waals surface area (Å²) in [7, 11) is 0. The Morgan fingerprint density at radius 1 is 1.05 bits per heavy atom. The maximum Gasteiger partial charge on any atom is 0.263 e. The molecule has 5 N–H and O–H groups in total. The van der Waals surface area contributed by atoms with Gasteiger partial charge in [0.2, 0.25) is 0 Å². The molecule has 0 aromatic carbocycles. The number of nitrogens with two attached hydrogens (primary N) is 1. The van der Waals surface area contributed by atoms with Gasteiger partial charge in [-0.05, 0) is 65.2 Å². The molecule has 0 saturated heterocycles. The highest BCUT2D eigenvalue weighted by Crippen LogP contribution is 2.33. The monoisotopic (exact) mass is 573 g/mol. The SMILES string of the molecule is CC(C)(O)CCn1c2c(cc(C(=O)Nc3ccc(-c4cn(CC(C)(C)O)c5ncnc(N)c45)cn3)c1=O)C(=O)CCC2. The molecule has 42 heavy (non-hydrogen) atoms. The minimum absolute atomic E-state index is 0.114. The van der Waals surface area contributed by atoms with E-state index >= 15 is 0 Å². The van der Waals surface area contributed by atoms with Crippen molar-refractivity contribution in [2.24, 2.45) is 0 Å². The van der Waals surface area contributed by atoms with Crippen LogP contribution in [-0.4, -0.2) is 57.2 Å². The normalized spacial score (nSPS) is 13.8. The Morgan fingerprint density at radius 3 is 2.48 bits per heavy atom. The van der Waals surface area contributed by atoms with Crippen LogP contribution in [0.3, 0.4) is 0 Å². The molecule has 5 rings (SSSR count). The molecule has 12 nitrogen and oxygen atoms in total. The van der Waals surface area contributed by atoms with E-state index in [-0.39, 0.29) is 42.5 Å². The Hall–Kier alpha value is -4.42. The van der Waals surface area contributed by atoms with Gasteiger partial charge in [0.1, 0.15) is 29.2 Å². The first-order valence-corrected chi connectivity index (χ1v) is 13.8. The highest BCUT2D eigenvalue weighted by Gasteiger charge is 2.27. The largest absolute Gasteiger partial charge is 0.390 e. The quantitative estimate of drug-likeness (QED) is 0.247. The smallest absolute Gasteiger partial charge is 0.263 e. The highest BCUT2D eigenvalue weighted by atomic mass is 16.3. The second-order valence-electron chi connectivity index (χ2n) is 12.0. The number of anilines is 2. The van der Waals surface area contributed by atoms with Crippen LogP contribution in [0, 0.1) is 0 Å². The third-order valence-corrected chi connectivity index (χ3v) is 7.27. The third-order valence-electron chi connectivity index (χ3n) is 7.27. The van der Waals surface area contributed by atoms with Crippen LogP contribution < -0.4 is 16.6 Å². The minimum atomic E-state index is -1.02. The fourth-order valence-electron chi connectivity index (χ4n) is 5.26. The first kappa shape index (κ1) is 29.1. The average Bonchev–Trinajstić information content (AvgIpc) is 3.26. The van der Waals surface area contributed by atoms with Crippen molar-refractivity contribution < 1.29 is 19.8 Å². The van der Waals surface area contributed by atoms with Gasteiger partial charge in [-0.25, -0.2) is 15.0 Å². The second-order valence-corrected chi connectivity index (χ2v) is 12.0. The summed E-state index contributed by atoms with van der Waals surface area (Å²) in [5.41, 5.74) is 6.42. The van der Waals surface area contributed by atoms with E-state index < -0.39 is 22.7 Å². The molecule has 4 aromatic heterocycles. The second kappa shape index (κ2) is 10.8. The number of nitrogens with one attached hydrogen (secondary N) is 1. The van der Waals surface area contributed by atoms with Crippen molar-refractivity contribution in [1.82, 2.24) is 24.1 Å². The molecule has 1 aliphatic carbocycles. The van der Waals surface area contributed by atoms with Crippen LogP contribution in [-0.2, 0) is 19.5 Å². The Kier molecular flexibility index (Phi) is 7.46. The molecule has 0 atom stereocenters. The Morgan fingerprint density at radius 2 is 1.81 bits per heavy atom. The molecule has 220 valence electrons. The summed E-state index contributed by atoms with van der Waals surface area (Å²) in [4.78, 5) is 52.3. The van der Waals surface area contributed by atoms with Gasteiger partial charge in [0, 0.05) is 47.7 Å². The summed E-state index contributed by atoms with van der Waals surface area (Å²) in [6, 6.07) is 4.72. The number of hydrogen-bond donors (Lipinski definition) is 4. The number of ketones is 1. The number of hydrogen-bond acceptors (Lipinski definition) is 9. The molecule has 0 aliphatic heterocycles. The van der Waals surface area contributed by atoms with Gasteiger partial charge in [-0.1, -0.05) is 0 Å². The van der Waals surface area contributed by atoms with E-state index in [2.05, 4.69) is 20.3 Å². The van der Waals surface area contributed by atoms with Gasteiger partial charge >= 0.3 is 0 Å². The Labute approximate surface area is 242 Å². The van der Waals surface area contributed by atoms with E-state index in [0.717, 1.165) is 0 Å². The van der Waals surface area contributed by atoms with Crippen LogP contribution >= 0.6 is 0 Å². The van der Waals surface area contributed by atoms with Crippen LogP contribution in [0.5, 0.6) is 0 Å². The zero-order chi connectivity index (χ0) is 30.4. The van der Waals surface area contributed by atoms with E-state index in [0.29, 0.717) is 52.7 Å². The number of aromatic nitrogens is 5. The average molecular weight is 574 g/mol. The van der Waals surface area contributed by atoms with Crippen LogP contribution in [0.15, 0.2) is 41.7 Å². The van der Waals surface area contributed by atoms with Crippen LogP contribution in [0.2, 0.25) is 0 Å². The number of fused-ring (bicyclic) bond motifs is 2. The molecule has 0 saturated carbocycles. The van der Waals surface area contributed by atoms with Crippen LogP contribution in [0.1, 0.15) is 73.4 Å². The molecule has 4 heterocycles. The van der Waals surface area contributed by atoms with Gasteiger partial charge in [-0.15, -0.1) is 0 Å². The van der Waals surface area contributed by atoms with Crippen molar-refractivity contribution in [3.05, 3.63) is 64.1 Å². The van der Waals surface area contributed by atoms with Gasteiger partial charge in [-0.2, -0.15) is 0 Å². The molecule has 0 radical (unpaired) electrons. The lowest BCUT2D eigenvalue weighted by molar-refractivity contribution is 0.0625. The number of carbonyl (C=O) groups excluding carboxylic acids is 2. The Balaban J connectivity index is 1.45. The van der Waals surface area contributed by atoms with Crippen molar-refractivity contribution >= 4 is 34.4 Å². The number of nitrogen functional groups attached to an aromatic ring is 1.